The van der Waals surface area contributed by atoms with Crippen LogP contribution in [-0.2, 0) is 9.53 Å². The van der Waals surface area contributed by atoms with Gasteiger partial charge in [0.05, 0.1) is 26.8 Å². The molecule has 0 aliphatic rings. The van der Waals surface area contributed by atoms with Crippen LogP contribution in [-0.4, -0.2) is 31.3 Å². The molecule has 0 heterocycles. The highest BCUT2D eigenvalue weighted by Crippen LogP contribution is 2.57. The number of carbonyl (C=O) groups excluding carboxylic acids is 1. The van der Waals surface area contributed by atoms with Crippen LogP contribution < -0.4 is 0 Å². The Morgan fingerprint density at radius 3 is 2.40 bits per heavy atom. The van der Waals surface area contributed by atoms with Crippen molar-refractivity contribution in [2.24, 2.45) is 0 Å². The van der Waals surface area contributed by atoms with Crippen LogP contribution in [0.5, 0.6) is 0 Å². The van der Waals surface area contributed by atoms with Gasteiger partial charge in [0, 0.05) is 12.5 Å². The highest BCUT2D eigenvalue weighted by Gasteiger charge is 2.35. The lowest BCUT2D eigenvalue weighted by atomic mass is 10.4. The SMILES string of the molecule is C=C(C)C(=O)OC(C)[P+](C)(C)CCCC. The molecule has 0 saturated carbocycles. The lowest BCUT2D eigenvalue weighted by Crippen LogP contribution is -2.19. The molecule has 15 heavy (non-hydrogen) atoms. The second-order valence-electron chi connectivity index (χ2n) is 4.64. The first-order chi connectivity index (χ1) is 6.81. The highest BCUT2D eigenvalue weighted by atomic mass is 31.2. The van der Waals surface area contributed by atoms with E-state index in [4.69, 9.17) is 4.74 Å². The summed E-state index contributed by atoms with van der Waals surface area (Å²) in [5, 5.41) is 0. The third-order valence-electron chi connectivity index (χ3n) is 2.70. The fourth-order valence-electron chi connectivity index (χ4n) is 1.15. The fraction of sp³-hybridized carbons (Fsp3) is 0.750. The van der Waals surface area contributed by atoms with E-state index >= 15 is 0 Å². The second-order valence-corrected chi connectivity index (χ2v) is 9.37. The molecule has 88 valence electrons. The maximum Gasteiger partial charge on any atom is 0.336 e. The minimum Gasteiger partial charge on any atom is -0.425 e. The summed E-state index contributed by atoms with van der Waals surface area (Å²) in [5.41, 5.74) is 0.484. The third-order valence-corrected chi connectivity index (χ3v) is 6.24. The van der Waals surface area contributed by atoms with Gasteiger partial charge in [0.15, 0.2) is 0 Å². The summed E-state index contributed by atoms with van der Waals surface area (Å²) in [4.78, 5) is 11.4. The van der Waals surface area contributed by atoms with Gasteiger partial charge in [0.1, 0.15) is 0 Å². The van der Waals surface area contributed by atoms with Crippen molar-refractivity contribution >= 4 is 13.2 Å². The van der Waals surface area contributed by atoms with Crippen molar-refractivity contribution < 1.29 is 9.53 Å². The van der Waals surface area contributed by atoms with E-state index in [1.54, 1.807) is 6.92 Å². The Kier molecular flexibility index (Phi) is 6.12. The molecule has 0 aliphatic carbocycles. The molecule has 0 aliphatic heterocycles. The number of hydrogen-bond acceptors (Lipinski definition) is 2. The number of carbonyl (C=O) groups is 1. The Bertz CT molecular complexity index is 234. The van der Waals surface area contributed by atoms with Crippen LogP contribution in [0.15, 0.2) is 12.2 Å². The first kappa shape index (κ1) is 14.6. The predicted molar refractivity (Wildman–Crippen MR) is 68.9 cm³/mol. The Morgan fingerprint density at radius 1 is 1.47 bits per heavy atom. The summed E-state index contributed by atoms with van der Waals surface area (Å²) >= 11 is 0. The van der Waals surface area contributed by atoms with Crippen LogP contribution in [0.1, 0.15) is 33.6 Å². The second kappa shape index (κ2) is 6.27. The van der Waals surface area contributed by atoms with Crippen molar-refractivity contribution in [3.05, 3.63) is 12.2 Å². The molecule has 2 nitrogen and oxygen atoms in total. The minimum atomic E-state index is -1.13. The van der Waals surface area contributed by atoms with Gasteiger partial charge in [0.2, 0.25) is 5.85 Å². The van der Waals surface area contributed by atoms with E-state index in [0.717, 1.165) is 0 Å². The summed E-state index contributed by atoms with van der Waals surface area (Å²) in [5.74, 6) is -0.208. The maximum atomic E-state index is 11.4. The normalized spacial score (nSPS) is 13.4. The first-order valence-electron chi connectivity index (χ1n) is 5.50. The zero-order valence-corrected chi connectivity index (χ0v) is 11.6. The lowest BCUT2D eigenvalue weighted by molar-refractivity contribution is -0.140. The Hall–Kier alpha value is -0.360. The maximum absolute atomic E-state index is 11.4. The number of ether oxygens (including phenoxy) is 1. The predicted octanol–water partition coefficient (Wildman–Crippen LogP) is 3.53. The zero-order chi connectivity index (χ0) is 12.1. The van der Waals surface area contributed by atoms with Crippen molar-refractivity contribution in [3.63, 3.8) is 0 Å². The van der Waals surface area contributed by atoms with E-state index in [0.29, 0.717) is 5.57 Å². The number of unbranched alkanes of at least 4 members (excludes halogenated alkanes) is 1. The Balaban J connectivity index is 4.23. The fourth-order valence-corrected chi connectivity index (χ4v) is 3.02. The molecule has 0 N–H and O–H groups in total. The summed E-state index contributed by atoms with van der Waals surface area (Å²) < 4.78 is 5.38. The van der Waals surface area contributed by atoms with Crippen LogP contribution in [0.2, 0.25) is 0 Å². The average molecular weight is 231 g/mol. The van der Waals surface area contributed by atoms with Crippen LogP contribution in [0, 0.1) is 0 Å². The molecule has 0 aromatic rings. The van der Waals surface area contributed by atoms with E-state index < -0.39 is 7.26 Å². The molecule has 0 saturated heterocycles. The van der Waals surface area contributed by atoms with Gasteiger partial charge in [-0.15, -0.1) is 0 Å². The van der Waals surface area contributed by atoms with Crippen LogP contribution in [0.25, 0.3) is 0 Å². The molecule has 0 radical (unpaired) electrons. The van der Waals surface area contributed by atoms with Gasteiger partial charge in [-0.2, -0.15) is 0 Å². The smallest absolute Gasteiger partial charge is 0.336 e. The molecule has 1 atom stereocenters. The third kappa shape index (κ3) is 5.32. The molecule has 3 heteroatoms. The quantitative estimate of drug-likeness (QED) is 0.397. The van der Waals surface area contributed by atoms with E-state index in [-0.39, 0.29) is 11.8 Å². The summed E-state index contributed by atoms with van der Waals surface area (Å²) in [6.45, 7) is 14.0. The molecule has 0 rings (SSSR count). The van der Waals surface area contributed by atoms with Gasteiger partial charge in [-0.25, -0.2) is 4.79 Å². The van der Waals surface area contributed by atoms with E-state index in [1.165, 1.54) is 19.0 Å². The van der Waals surface area contributed by atoms with Crippen molar-refractivity contribution in [3.8, 4) is 0 Å². The highest BCUT2D eigenvalue weighted by molar-refractivity contribution is 7.74. The zero-order valence-electron chi connectivity index (χ0n) is 10.7. The molecule has 0 bridgehead atoms. The van der Waals surface area contributed by atoms with Gasteiger partial charge in [0.25, 0.3) is 0 Å². The summed E-state index contributed by atoms with van der Waals surface area (Å²) in [7, 11) is -1.13. The Labute approximate surface area is 94.4 Å². The van der Waals surface area contributed by atoms with E-state index in [1.807, 2.05) is 6.92 Å². The van der Waals surface area contributed by atoms with Gasteiger partial charge in [-0.05, 0) is 13.3 Å². The van der Waals surface area contributed by atoms with Gasteiger partial charge in [-0.1, -0.05) is 19.9 Å². The van der Waals surface area contributed by atoms with E-state index in [2.05, 4.69) is 26.8 Å². The van der Waals surface area contributed by atoms with E-state index in [9.17, 15) is 4.79 Å². The molecule has 0 amide bonds. The molecule has 0 aromatic carbocycles. The summed E-state index contributed by atoms with van der Waals surface area (Å²) in [6.07, 6.45) is 3.61. The van der Waals surface area contributed by atoms with Crippen molar-refractivity contribution in [2.75, 3.05) is 19.5 Å². The molecule has 0 spiro atoms. The topological polar surface area (TPSA) is 26.3 Å². The average Bonchev–Trinajstić information content (AvgIpc) is 2.14. The van der Waals surface area contributed by atoms with Crippen LogP contribution in [0.3, 0.4) is 0 Å². The van der Waals surface area contributed by atoms with Crippen molar-refractivity contribution in [1.29, 1.82) is 0 Å². The molecule has 0 fully saturated rings. The molecular weight excluding hydrogens is 207 g/mol. The summed E-state index contributed by atoms with van der Waals surface area (Å²) in [6, 6.07) is 0. The van der Waals surface area contributed by atoms with Crippen LogP contribution >= 0.6 is 7.26 Å². The lowest BCUT2D eigenvalue weighted by Gasteiger charge is -2.24. The minimum absolute atomic E-state index is 0.0493. The van der Waals surface area contributed by atoms with Crippen LogP contribution in [0.4, 0.5) is 0 Å². The number of esters is 1. The van der Waals surface area contributed by atoms with Gasteiger partial charge in [-0.3, -0.25) is 0 Å². The Morgan fingerprint density at radius 2 is 2.00 bits per heavy atom. The van der Waals surface area contributed by atoms with Crippen molar-refractivity contribution in [2.45, 2.75) is 39.5 Å². The monoisotopic (exact) mass is 231 g/mol. The molecule has 0 aromatic heterocycles. The first-order valence-corrected chi connectivity index (χ1v) is 8.44. The molecular formula is C12H24O2P+. The molecule has 1 unspecified atom stereocenters. The number of rotatable bonds is 6. The van der Waals surface area contributed by atoms with Gasteiger partial charge >= 0.3 is 5.97 Å². The number of hydrogen-bond donors (Lipinski definition) is 0. The standard InChI is InChI=1S/C12H24O2P/c1-7-8-9-15(5,6)11(4)14-12(13)10(2)3/h11H,2,7-9H2,1,3-6H3/q+1. The van der Waals surface area contributed by atoms with Gasteiger partial charge < -0.3 is 4.74 Å². The van der Waals surface area contributed by atoms with Crippen molar-refractivity contribution in [1.82, 2.24) is 0 Å². The largest absolute Gasteiger partial charge is 0.425 e.